The van der Waals surface area contributed by atoms with E-state index in [4.69, 9.17) is 10.5 Å². The summed E-state index contributed by atoms with van der Waals surface area (Å²) in [5.41, 5.74) is 7.26. The van der Waals surface area contributed by atoms with Crippen LogP contribution in [0.2, 0.25) is 0 Å². The molecule has 3 aromatic rings. The molecule has 2 N–H and O–H groups in total. The second kappa shape index (κ2) is 7.18. The van der Waals surface area contributed by atoms with Gasteiger partial charge in [0.05, 0.1) is 13.2 Å². The van der Waals surface area contributed by atoms with Gasteiger partial charge in [0.25, 0.3) is 0 Å². The number of para-hydroxylation sites is 1. The number of aromatic nitrogens is 4. The molecule has 0 saturated heterocycles. The van der Waals surface area contributed by atoms with Crippen molar-refractivity contribution in [1.29, 1.82) is 0 Å². The second-order valence-corrected chi connectivity index (χ2v) is 5.66. The van der Waals surface area contributed by atoms with E-state index in [1.807, 2.05) is 0 Å². The standard InChI is InChI=1S/C15H14BrF2N5O2/c1-2-24-15-21-11(19)10-12(22-15)23(13(16)20-10)7-8-5-3-4-6-9(8)25-14(17)18/h3-6,14H,2,7H2,1H3,(H2,19,21,22). The lowest BCUT2D eigenvalue weighted by Crippen LogP contribution is -2.08. The number of anilines is 1. The molecule has 0 radical (unpaired) electrons. The number of fused-ring (bicyclic) bond motifs is 1. The first-order chi connectivity index (χ1) is 12.0. The van der Waals surface area contributed by atoms with Gasteiger partial charge in [-0.15, -0.1) is 0 Å². The molecule has 0 unspecified atom stereocenters. The maximum atomic E-state index is 12.6. The highest BCUT2D eigenvalue weighted by atomic mass is 79.9. The zero-order valence-electron chi connectivity index (χ0n) is 13.1. The molecule has 1 aromatic carbocycles. The minimum atomic E-state index is -2.91. The van der Waals surface area contributed by atoms with Gasteiger partial charge in [0.2, 0.25) is 0 Å². The van der Waals surface area contributed by atoms with Crippen LogP contribution in [0.1, 0.15) is 12.5 Å². The first kappa shape index (κ1) is 17.3. The van der Waals surface area contributed by atoms with Crippen LogP contribution in [0.4, 0.5) is 14.6 Å². The van der Waals surface area contributed by atoms with E-state index in [2.05, 4.69) is 35.6 Å². The van der Waals surface area contributed by atoms with Crippen molar-refractivity contribution in [2.24, 2.45) is 0 Å². The average molecular weight is 414 g/mol. The van der Waals surface area contributed by atoms with Crippen LogP contribution < -0.4 is 15.2 Å². The minimum absolute atomic E-state index is 0.0818. The number of rotatable bonds is 6. The molecule has 0 aliphatic rings. The number of nitrogens with two attached hydrogens (primary N) is 1. The molecule has 25 heavy (non-hydrogen) atoms. The summed E-state index contributed by atoms with van der Waals surface area (Å²) >= 11 is 3.34. The summed E-state index contributed by atoms with van der Waals surface area (Å²) in [6.45, 7) is -0.533. The van der Waals surface area contributed by atoms with Crippen LogP contribution in [0, 0.1) is 0 Å². The number of ether oxygens (including phenoxy) is 2. The van der Waals surface area contributed by atoms with Crippen molar-refractivity contribution in [2.75, 3.05) is 12.3 Å². The van der Waals surface area contributed by atoms with Gasteiger partial charge in [0, 0.05) is 5.56 Å². The fourth-order valence-electron chi connectivity index (χ4n) is 2.32. The highest BCUT2D eigenvalue weighted by molar-refractivity contribution is 9.10. The molecule has 0 saturated carbocycles. The number of benzene rings is 1. The summed E-state index contributed by atoms with van der Waals surface area (Å²) in [6.07, 6.45) is 0. The monoisotopic (exact) mass is 413 g/mol. The first-order valence-electron chi connectivity index (χ1n) is 7.34. The molecule has 0 bridgehead atoms. The van der Waals surface area contributed by atoms with Crippen molar-refractivity contribution in [3.63, 3.8) is 0 Å². The van der Waals surface area contributed by atoms with E-state index in [9.17, 15) is 8.78 Å². The van der Waals surface area contributed by atoms with Crippen LogP contribution >= 0.6 is 15.9 Å². The van der Waals surface area contributed by atoms with E-state index in [0.29, 0.717) is 28.1 Å². The van der Waals surface area contributed by atoms with E-state index in [1.165, 1.54) is 6.07 Å². The Kier molecular flexibility index (Phi) is 4.98. The largest absolute Gasteiger partial charge is 0.464 e. The van der Waals surface area contributed by atoms with Gasteiger partial charge in [-0.3, -0.25) is 4.57 Å². The molecule has 132 valence electrons. The van der Waals surface area contributed by atoms with E-state index < -0.39 is 6.61 Å². The molecule has 2 aromatic heterocycles. The fraction of sp³-hybridized carbons (Fsp3) is 0.267. The average Bonchev–Trinajstić information content (AvgIpc) is 2.86. The van der Waals surface area contributed by atoms with Gasteiger partial charge in [-0.25, -0.2) is 4.98 Å². The Morgan fingerprint density at radius 2 is 2.00 bits per heavy atom. The molecule has 2 heterocycles. The molecular weight excluding hydrogens is 400 g/mol. The van der Waals surface area contributed by atoms with Gasteiger partial charge < -0.3 is 15.2 Å². The van der Waals surface area contributed by atoms with Crippen molar-refractivity contribution in [1.82, 2.24) is 19.5 Å². The SMILES string of the molecule is CCOc1nc(N)c2nc(Br)n(Cc3ccccc3OC(F)F)c2n1. The maximum absolute atomic E-state index is 12.6. The van der Waals surface area contributed by atoms with Gasteiger partial charge in [-0.1, -0.05) is 18.2 Å². The number of nitrogens with zero attached hydrogens (tertiary/aromatic N) is 4. The quantitative estimate of drug-likeness (QED) is 0.624. The Morgan fingerprint density at radius 3 is 2.72 bits per heavy atom. The lowest BCUT2D eigenvalue weighted by molar-refractivity contribution is -0.0504. The van der Waals surface area contributed by atoms with Crippen LogP contribution in [-0.2, 0) is 6.54 Å². The highest BCUT2D eigenvalue weighted by Gasteiger charge is 2.18. The minimum Gasteiger partial charge on any atom is -0.464 e. The predicted octanol–water partition coefficient (Wildman–Crippen LogP) is 3.22. The molecule has 0 aliphatic carbocycles. The summed E-state index contributed by atoms with van der Waals surface area (Å²) in [5, 5.41) is 0. The Bertz CT molecular complexity index is 903. The summed E-state index contributed by atoms with van der Waals surface area (Å²) in [6, 6.07) is 6.64. The van der Waals surface area contributed by atoms with Crippen molar-refractivity contribution in [3.8, 4) is 11.8 Å². The number of alkyl halides is 2. The number of nitrogen functional groups attached to an aromatic ring is 1. The summed E-state index contributed by atoms with van der Waals surface area (Å²) < 4.78 is 37.2. The lowest BCUT2D eigenvalue weighted by Gasteiger charge is -2.12. The molecule has 10 heteroatoms. The highest BCUT2D eigenvalue weighted by Crippen LogP contribution is 2.28. The number of hydrogen-bond donors (Lipinski definition) is 1. The van der Waals surface area contributed by atoms with Crippen LogP contribution in [-0.4, -0.2) is 32.7 Å². The predicted molar refractivity (Wildman–Crippen MR) is 90.8 cm³/mol. The normalized spacial score (nSPS) is 11.2. The number of imidazole rings is 1. The molecule has 0 aliphatic heterocycles. The number of hydrogen-bond acceptors (Lipinski definition) is 6. The van der Waals surface area contributed by atoms with Crippen LogP contribution in [0.25, 0.3) is 11.2 Å². The van der Waals surface area contributed by atoms with Crippen LogP contribution in [0.15, 0.2) is 29.0 Å². The summed E-state index contributed by atoms with van der Waals surface area (Å²) in [4.78, 5) is 12.6. The van der Waals surface area contributed by atoms with Gasteiger partial charge >= 0.3 is 12.6 Å². The zero-order chi connectivity index (χ0) is 18.0. The van der Waals surface area contributed by atoms with Gasteiger partial charge in [0.15, 0.2) is 21.7 Å². The maximum Gasteiger partial charge on any atom is 0.387 e. The summed E-state index contributed by atoms with van der Waals surface area (Å²) in [7, 11) is 0. The molecule has 0 spiro atoms. The summed E-state index contributed by atoms with van der Waals surface area (Å²) in [5.74, 6) is 0.253. The Balaban J connectivity index is 2.06. The molecule has 0 amide bonds. The number of halogens is 3. The van der Waals surface area contributed by atoms with E-state index in [1.54, 1.807) is 29.7 Å². The van der Waals surface area contributed by atoms with Crippen molar-refractivity contribution < 1.29 is 18.3 Å². The van der Waals surface area contributed by atoms with Crippen LogP contribution in [0.5, 0.6) is 11.8 Å². The van der Waals surface area contributed by atoms with Gasteiger partial charge in [-0.05, 0) is 28.9 Å². The van der Waals surface area contributed by atoms with E-state index in [-0.39, 0.29) is 24.1 Å². The van der Waals surface area contributed by atoms with Crippen molar-refractivity contribution in [2.45, 2.75) is 20.1 Å². The van der Waals surface area contributed by atoms with E-state index in [0.717, 1.165) is 0 Å². The molecule has 0 fully saturated rings. The third kappa shape index (κ3) is 3.63. The molecule has 7 nitrogen and oxygen atoms in total. The zero-order valence-corrected chi connectivity index (χ0v) is 14.7. The Morgan fingerprint density at radius 1 is 1.24 bits per heavy atom. The fourth-order valence-corrected chi connectivity index (χ4v) is 2.79. The van der Waals surface area contributed by atoms with E-state index >= 15 is 0 Å². The third-order valence-electron chi connectivity index (χ3n) is 3.35. The molecular formula is C15H14BrF2N5O2. The molecule has 3 rings (SSSR count). The lowest BCUT2D eigenvalue weighted by atomic mass is 10.2. The first-order valence-corrected chi connectivity index (χ1v) is 8.13. The smallest absolute Gasteiger partial charge is 0.387 e. The molecule has 0 atom stereocenters. The van der Waals surface area contributed by atoms with Gasteiger partial charge in [0.1, 0.15) is 5.75 Å². The topological polar surface area (TPSA) is 88.1 Å². The Labute approximate surface area is 149 Å². The van der Waals surface area contributed by atoms with Crippen molar-refractivity contribution >= 4 is 32.9 Å². The third-order valence-corrected chi connectivity index (χ3v) is 3.95. The van der Waals surface area contributed by atoms with Crippen molar-refractivity contribution in [3.05, 3.63) is 34.6 Å². The Hall–Kier alpha value is -2.49. The van der Waals surface area contributed by atoms with Gasteiger partial charge in [-0.2, -0.15) is 18.7 Å². The van der Waals surface area contributed by atoms with Crippen LogP contribution in [0.3, 0.4) is 0 Å². The second-order valence-electron chi connectivity index (χ2n) is 4.95.